The van der Waals surface area contributed by atoms with Crippen molar-refractivity contribution in [3.63, 3.8) is 0 Å². The maximum Gasteiger partial charge on any atom is 0.280 e. The van der Waals surface area contributed by atoms with Crippen molar-refractivity contribution in [1.29, 1.82) is 0 Å². The molecule has 0 radical (unpaired) electrons. The summed E-state index contributed by atoms with van der Waals surface area (Å²) in [5, 5.41) is 12.2. The van der Waals surface area contributed by atoms with E-state index in [0.29, 0.717) is 17.4 Å². The first-order valence-electron chi connectivity index (χ1n) is 8.10. The predicted octanol–water partition coefficient (Wildman–Crippen LogP) is 2.44. The van der Waals surface area contributed by atoms with Gasteiger partial charge in [0.1, 0.15) is 0 Å². The van der Waals surface area contributed by atoms with Gasteiger partial charge in [-0.05, 0) is 31.8 Å². The first kappa shape index (κ1) is 16.1. The normalized spacial score (nSPS) is 11.2. The van der Waals surface area contributed by atoms with Gasteiger partial charge in [0.15, 0.2) is 5.69 Å². The van der Waals surface area contributed by atoms with Crippen LogP contribution in [0.3, 0.4) is 0 Å². The third-order valence-electron chi connectivity index (χ3n) is 3.76. The van der Waals surface area contributed by atoms with Gasteiger partial charge in [0.05, 0.1) is 18.1 Å². The number of aromatic nitrogens is 6. The number of rotatable bonds is 5. The Hall–Kier alpha value is -3.39. The fourth-order valence-electron chi connectivity index (χ4n) is 2.55. The topological polar surface area (TPSA) is 85.8 Å². The molecule has 0 N–H and O–H groups in total. The molecule has 0 amide bonds. The van der Waals surface area contributed by atoms with Crippen LogP contribution in [-0.4, -0.2) is 49.1 Å². The Balaban J connectivity index is 1.56. The average Bonchev–Trinajstić information content (AvgIpc) is 3.32. The van der Waals surface area contributed by atoms with Gasteiger partial charge in [-0.25, -0.2) is 4.68 Å². The quantitative estimate of drug-likeness (QED) is 0.548. The van der Waals surface area contributed by atoms with Crippen molar-refractivity contribution < 1.29 is 4.52 Å². The van der Waals surface area contributed by atoms with E-state index in [0.717, 1.165) is 17.8 Å². The zero-order valence-corrected chi connectivity index (χ0v) is 14.4. The van der Waals surface area contributed by atoms with Gasteiger partial charge in [0, 0.05) is 18.3 Å². The van der Waals surface area contributed by atoms with Gasteiger partial charge in [0.25, 0.3) is 5.89 Å². The van der Waals surface area contributed by atoms with Crippen LogP contribution in [0.4, 0.5) is 0 Å². The van der Waals surface area contributed by atoms with E-state index in [9.17, 15) is 0 Å². The lowest BCUT2D eigenvalue weighted by molar-refractivity contribution is 0.402. The maximum absolute atomic E-state index is 5.35. The molecule has 26 heavy (non-hydrogen) atoms. The van der Waals surface area contributed by atoms with Crippen LogP contribution >= 0.6 is 0 Å². The minimum absolute atomic E-state index is 0.326. The number of benzene rings is 1. The summed E-state index contributed by atoms with van der Waals surface area (Å²) in [6, 6.07) is 11.8. The summed E-state index contributed by atoms with van der Waals surface area (Å²) < 4.78 is 6.96. The number of hydrogen-bond acceptors (Lipinski definition) is 7. The molecule has 4 aromatic rings. The fourth-order valence-corrected chi connectivity index (χ4v) is 2.55. The van der Waals surface area contributed by atoms with Crippen molar-refractivity contribution in [3.05, 3.63) is 60.6 Å². The van der Waals surface area contributed by atoms with Crippen molar-refractivity contribution in [2.75, 3.05) is 14.1 Å². The molecule has 0 unspecified atom stereocenters. The molecule has 0 bridgehead atoms. The second kappa shape index (κ2) is 6.85. The fraction of sp³-hybridized carbons (Fsp3) is 0.167. The Labute approximate surface area is 150 Å². The molecular weight excluding hydrogens is 330 g/mol. The van der Waals surface area contributed by atoms with Crippen LogP contribution in [0.1, 0.15) is 5.56 Å². The monoisotopic (exact) mass is 347 g/mol. The molecule has 0 atom stereocenters. The van der Waals surface area contributed by atoms with Crippen LogP contribution in [-0.2, 0) is 6.54 Å². The SMILES string of the molecule is CN(C)Cc1ccc(-c2noc(-c3cn(-c4cccnc4)nn3)n2)cc1. The molecule has 8 nitrogen and oxygen atoms in total. The lowest BCUT2D eigenvalue weighted by Crippen LogP contribution is -2.10. The standard InChI is InChI=1S/C18H17N7O/c1-24(2)11-13-5-7-14(8-6-13)17-20-18(26-22-17)16-12-25(23-21-16)15-4-3-9-19-10-15/h3-10,12H,11H2,1-2H3. The van der Waals surface area contributed by atoms with Crippen molar-refractivity contribution in [1.82, 2.24) is 35.0 Å². The molecule has 0 aliphatic carbocycles. The number of hydrogen-bond donors (Lipinski definition) is 0. The van der Waals surface area contributed by atoms with Gasteiger partial charge < -0.3 is 9.42 Å². The molecule has 0 aliphatic rings. The Morgan fingerprint density at radius 2 is 1.96 bits per heavy atom. The Bertz CT molecular complexity index is 990. The van der Waals surface area contributed by atoms with E-state index in [1.807, 2.05) is 38.4 Å². The minimum Gasteiger partial charge on any atom is -0.332 e. The second-order valence-corrected chi connectivity index (χ2v) is 6.12. The highest BCUT2D eigenvalue weighted by molar-refractivity contribution is 5.58. The van der Waals surface area contributed by atoms with Crippen LogP contribution in [0.5, 0.6) is 0 Å². The van der Waals surface area contributed by atoms with Gasteiger partial charge in [0.2, 0.25) is 5.82 Å². The molecule has 0 fully saturated rings. The molecule has 0 spiro atoms. The summed E-state index contributed by atoms with van der Waals surface area (Å²) in [7, 11) is 4.08. The summed E-state index contributed by atoms with van der Waals surface area (Å²) >= 11 is 0. The summed E-state index contributed by atoms with van der Waals surface area (Å²) in [5.41, 5.74) is 3.43. The van der Waals surface area contributed by atoms with Crippen molar-refractivity contribution >= 4 is 0 Å². The van der Waals surface area contributed by atoms with Gasteiger partial charge in [-0.1, -0.05) is 34.6 Å². The van der Waals surface area contributed by atoms with E-state index in [1.54, 1.807) is 23.3 Å². The van der Waals surface area contributed by atoms with Crippen LogP contribution in [0.15, 0.2) is 59.5 Å². The van der Waals surface area contributed by atoms with Gasteiger partial charge in [-0.3, -0.25) is 4.98 Å². The third kappa shape index (κ3) is 3.35. The van der Waals surface area contributed by atoms with E-state index in [1.165, 1.54) is 5.56 Å². The Morgan fingerprint density at radius 3 is 2.69 bits per heavy atom. The molecule has 8 heteroatoms. The van der Waals surface area contributed by atoms with E-state index in [-0.39, 0.29) is 0 Å². The van der Waals surface area contributed by atoms with Crippen LogP contribution in [0.2, 0.25) is 0 Å². The lowest BCUT2D eigenvalue weighted by Gasteiger charge is -2.09. The van der Waals surface area contributed by atoms with E-state index in [2.05, 4.69) is 42.5 Å². The largest absolute Gasteiger partial charge is 0.332 e. The second-order valence-electron chi connectivity index (χ2n) is 6.12. The zero-order chi connectivity index (χ0) is 17.9. The predicted molar refractivity (Wildman–Crippen MR) is 95.3 cm³/mol. The molecule has 1 aromatic carbocycles. The average molecular weight is 347 g/mol. The molecule has 0 saturated heterocycles. The minimum atomic E-state index is 0.326. The van der Waals surface area contributed by atoms with E-state index < -0.39 is 0 Å². The highest BCUT2D eigenvalue weighted by Gasteiger charge is 2.14. The molecule has 3 heterocycles. The molecule has 0 aliphatic heterocycles. The van der Waals surface area contributed by atoms with Crippen LogP contribution in [0, 0.1) is 0 Å². The van der Waals surface area contributed by atoms with Crippen molar-refractivity contribution in [2.24, 2.45) is 0 Å². The summed E-state index contributed by atoms with van der Waals surface area (Å²) in [6.45, 7) is 0.884. The first-order valence-corrected chi connectivity index (χ1v) is 8.10. The number of nitrogens with zero attached hydrogens (tertiary/aromatic N) is 7. The number of pyridine rings is 1. The summed E-state index contributed by atoms with van der Waals surface area (Å²) in [4.78, 5) is 10.6. The summed E-state index contributed by atoms with van der Waals surface area (Å²) in [5.74, 6) is 0.847. The van der Waals surface area contributed by atoms with E-state index in [4.69, 9.17) is 4.52 Å². The molecule has 3 aromatic heterocycles. The highest BCUT2D eigenvalue weighted by Crippen LogP contribution is 2.21. The maximum atomic E-state index is 5.35. The van der Waals surface area contributed by atoms with Gasteiger partial charge in [-0.15, -0.1) is 5.10 Å². The van der Waals surface area contributed by atoms with E-state index >= 15 is 0 Å². The Morgan fingerprint density at radius 1 is 1.12 bits per heavy atom. The highest BCUT2D eigenvalue weighted by atomic mass is 16.5. The molecule has 130 valence electrons. The zero-order valence-electron chi connectivity index (χ0n) is 14.4. The van der Waals surface area contributed by atoms with Crippen molar-refractivity contribution in [2.45, 2.75) is 6.54 Å². The van der Waals surface area contributed by atoms with Crippen LogP contribution < -0.4 is 0 Å². The molecular formula is C18H17N7O. The van der Waals surface area contributed by atoms with Gasteiger partial charge >= 0.3 is 0 Å². The summed E-state index contributed by atoms with van der Waals surface area (Å²) in [6.07, 6.45) is 5.14. The molecule has 4 rings (SSSR count). The third-order valence-corrected chi connectivity index (χ3v) is 3.76. The Kier molecular flexibility index (Phi) is 4.24. The van der Waals surface area contributed by atoms with Crippen molar-refractivity contribution in [3.8, 4) is 28.7 Å². The first-order chi connectivity index (χ1) is 12.7. The molecule has 0 saturated carbocycles. The lowest BCUT2D eigenvalue weighted by atomic mass is 10.1. The van der Waals surface area contributed by atoms with Gasteiger partial charge in [-0.2, -0.15) is 4.98 Å². The van der Waals surface area contributed by atoms with Crippen LogP contribution in [0.25, 0.3) is 28.7 Å². The smallest absolute Gasteiger partial charge is 0.280 e.